The number of anilines is 1. The van der Waals surface area contributed by atoms with E-state index in [1.165, 1.54) is 23.3 Å². The first-order valence-corrected chi connectivity index (χ1v) is 11.4. The molecule has 2 aliphatic rings. The maximum atomic E-state index is 12.9. The smallest absolute Gasteiger partial charge is 0.262 e. The second-order valence-corrected chi connectivity index (χ2v) is 9.10. The summed E-state index contributed by atoms with van der Waals surface area (Å²) in [7, 11) is 0. The Morgan fingerprint density at radius 1 is 1.12 bits per heavy atom. The minimum Gasteiger partial charge on any atom is -0.309 e. The average molecular weight is 483 g/mol. The molecule has 1 atom stereocenters. The molecule has 0 radical (unpaired) electrons. The Kier molecular flexibility index (Phi) is 5.46. The first-order valence-electron chi connectivity index (χ1n) is 10.6. The van der Waals surface area contributed by atoms with E-state index in [0.29, 0.717) is 5.82 Å². The molecule has 0 saturated heterocycles. The maximum absolute atomic E-state index is 12.9. The van der Waals surface area contributed by atoms with Crippen LogP contribution in [0.1, 0.15) is 56.3 Å². The van der Waals surface area contributed by atoms with Gasteiger partial charge >= 0.3 is 0 Å². The van der Waals surface area contributed by atoms with Crippen LogP contribution in [0.3, 0.4) is 0 Å². The Morgan fingerprint density at radius 3 is 2.48 bits per heavy atom. The van der Waals surface area contributed by atoms with Gasteiger partial charge in [-0.05, 0) is 49.4 Å². The predicted octanol–water partition coefficient (Wildman–Crippen LogP) is 4.66. The molecule has 2 aromatic carbocycles. The van der Waals surface area contributed by atoms with Gasteiger partial charge in [-0.1, -0.05) is 47.5 Å². The minimum atomic E-state index is -0.574. The van der Waals surface area contributed by atoms with Gasteiger partial charge < -0.3 is 5.32 Å². The molecule has 1 N–H and O–H groups in total. The molecule has 168 valence electrons. The van der Waals surface area contributed by atoms with Crippen LogP contribution in [0.5, 0.6) is 0 Å². The number of aryl methyl sites for hydroxylation is 2. The largest absolute Gasteiger partial charge is 0.309 e. The second-order valence-electron chi connectivity index (χ2n) is 8.28. The fourth-order valence-electron chi connectivity index (χ4n) is 4.57. The number of imide groups is 1. The number of halogens is 2. The zero-order chi connectivity index (χ0) is 23.3. The van der Waals surface area contributed by atoms with Gasteiger partial charge in [0, 0.05) is 5.56 Å². The summed E-state index contributed by atoms with van der Waals surface area (Å²) < 4.78 is 1.83. The normalized spacial score (nSPS) is 17.2. The van der Waals surface area contributed by atoms with Crippen molar-refractivity contribution in [1.82, 2.24) is 14.7 Å². The molecule has 0 fully saturated rings. The molecule has 1 aromatic heterocycles. The van der Waals surface area contributed by atoms with Crippen molar-refractivity contribution in [3.8, 4) is 0 Å². The lowest BCUT2D eigenvalue weighted by atomic mass is 9.88. The highest BCUT2D eigenvalue weighted by Gasteiger charge is 2.37. The molecule has 0 saturated carbocycles. The topological polar surface area (TPSA) is 84.3 Å². The molecular weight excluding hydrogens is 463 g/mol. The number of hydrogen-bond acceptors (Lipinski definition) is 4. The Bertz CT molecular complexity index is 1280. The summed E-state index contributed by atoms with van der Waals surface area (Å²) in [6.45, 7) is 1.44. The number of rotatable bonds is 4. The quantitative estimate of drug-likeness (QED) is 0.548. The van der Waals surface area contributed by atoms with E-state index in [0.717, 1.165) is 29.7 Å². The van der Waals surface area contributed by atoms with Crippen LogP contribution < -0.4 is 5.32 Å². The fourth-order valence-corrected chi connectivity index (χ4v) is 4.89. The van der Waals surface area contributed by atoms with Crippen LogP contribution in [0.2, 0.25) is 10.0 Å². The van der Waals surface area contributed by atoms with E-state index in [1.807, 2.05) is 23.7 Å². The molecule has 3 amide bonds. The van der Waals surface area contributed by atoms with Gasteiger partial charge in [-0.2, -0.15) is 5.10 Å². The van der Waals surface area contributed by atoms with Gasteiger partial charge in [-0.15, -0.1) is 0 Å². The Morgan fingerprint density at radius 2 is 1.79 bits per heavy atom. The molecule has 5 rings (SSSR count). The molecule has 7 nitrogen and oxygen atoms in total. The Hall–Kier alpha value is -3.16. The van der Waals surface area contributed by atoms with E-state index in [1.54, 1.807) is 6.20 Å². The van der Waals surface area contributed by atoms with E-state index >= 15 is 0 Å². The van der Waals surface area contributed by atoms with Crippen LogP contribution in [0.25, 0.3) is 0 Å². The third kappa shape index (κ3) is 3.71. The third-order valence-corrected chi connectivity index (χ3v) is 6.90. The third-order valence-electron chi connectivity index (χ3n) is 6.18. The average Bonchev–Trinajstić information content (AvgIpc) is 3.26. The van der Waals surface area contributed by atoms with Crippen molar-refractivity contribution in [3.05, 3.63) is 80.5 Å². The SMILES string of the molecule is Cc1cnn(C2CCCc3ccccc32)c1NC(=O)CN1C(=O)c2cc(Cl)c(Cl)cc2C1=O. The second kappa shape index (κ2) is 8.32. The van der Waals surface area contributed by atoms with Gasteiger partial charge in [-0.3, -0.25) is 19.3 Å². The number of fused-ring (bicyclic) bond motifs is 2. The lowest BCUT2D eigenvalue weighted by Crippen LogP contribution is -2.38. The molecule has 0 bridgehead atoms. The number of amides is 3. The van der Waals surface area contributed by atoms with Gasteiger partial charge in [0.15, 0.2) is 0 Å². The summed E-state index contributed by atoms with van der Waals surface area (Å²) in [5.41, 5.74) is 3.55. The summed E-state index contributed by atoms with van der Waals surface area (Å²) in [6, 6.07) is 11.0. The van der Waals surface area contributed by atoms with Gasteiger partial charge in [0.05, 0.1) is 33.4 Å². The summed E-state index contributed by atoms with van der Waals surface area (Å²) in [6.07, 6.45) is 4.65. The molecule has 2 heterocycles. The van der Waals surface area contributed by atoms with Crippen LogP contribution in [0.4, 0.5) is 5.82 Å². The number of benzene rings is 2. The first kappa shape index (κ1) is 21.7. The van der Waals surface area contributed by atoms with Gasteiger partial charge in [0.25, 0.3) is 11.8 Å². The highest BCUT2D eigenvalue weighted by molar-refractivity contribution is 6.43. The van der Waals surface area contributed by atoms with E-state index in [9.17, 15) is 14.4 Å². The van der Waals surface area contributed by atoms with E-state index < -0.39 is 24.3 Å². The fraction of sp³-hybridized carbons (Fsp3) is 0.250. The zero-order valence-electron chi connectivity index (χ0n) is 17.8. The van der Waals surface area contributed by atoms with Crippen molar-refractivity contribution in [2.75, 3.05) is 11.9 Å². The number of carbonyl (C=O) groups excluding carboxylic acids is 3. The van der Waals surface area contributed by atoms with Gasteiger partial charge in [0.1, 0.15) is 12.4 Å². The summed E-state index contributed by atoms with van der Waals surface area (Å²) in [5.74, 6) is -1.08. The predicted molar refractivity (Wildman–Crippen MR) is 125 cm³/mol. The van der Waals surface area contributed by atoms with Crippen LogP contribution in [0, 0.1) is 6.92 Å². The van der Waals surface area contributed by atoms with Crippen LogP contribution >= 0.6 is 23.2 Å². The van der Waals surface area contributed by atoms with Crippen LogP contribution in [-0.4, -0.2) is 38.9 Å². The van der Waals surface area contributed by atoms with Crippen LogP contribution in [0.15, 0.2) is 42.6 Å². The monoisotopic (exact) mass is 482 g/mol. The molecule has 33 heavy (non-hydrogen) atoms. The highest BCUT2D eigenvalue weighted by atomic mass is 35.5. The molecule has 1 aliphatic carbocycles. The number of hydrogen-bond donors (Lipinski definition) is 1. The van der Waals surface area contributed by atoms with Crippen molar-refractivity contribution in [2.45, 2.75) is 32.2 Å². The highest BCUT2D eigenvalue weighted by Crippen LogP contribution is 2.35. The van der Waals surface area contributed by atoms with Crippen molar-refractivity contribution in [2.24, 2.45) is 0 Å². The zero-order valence-corrected chi connectivity index (χ0v) is 19.3. The first-order chi connectivity index (χ1) is 15.8. The molecular formula is C24H20Cl2N4O3. The molecule has 1 unspecified atom stereocenters. The number of nitrogens with one attached hydrogen (secondary N) is 1. The van der Waals surface area contributed by atoms with Gasteiger partial charge in [-0.25, -0.2) is 4.68 Å². The van der Waals surface area contributed by atoms with Crippen molar-refractivity contribution < 1.29 is 14.4 Å². The number of aromatic nitrogens is 2. The lowest BCUT2D eigenvalue weighted by Gasteiger charge is -2.27. The lowest BCUT2D eigenvalue weighted by molar-refractivity contribution is -0.116. The molecule has 0 spiro atoms. The van der Waals surface area contributed by atoms with Crippen molar-refractivity contribution in [1.29, 1.82) is 0 Å². The summed E-state index contributed by atoms with van der Waals surface area (Å²) in [4.78, 5) is 39.3. The summed E-state index contributed by atoms with van der Waals surface area (Å²) in [5, 5.41) is 7.75. The maximum Gasteiger partial charge on any atom is 0.262 e. The Labute approximate surface area is 200 Å². The summed E-state index contributed by atoms with van der Waals surface area (Å²) >= 11 is 12.0. The number of nitrogens with zero attached hydrogens (tertiary/aromatic N) is 3. The molecule has 9 heteroatoms. The van der Waals surface area contributed by atoms with Crippen molar-refractivity contribution >= 4 is 46.7 Å². The van der Waals surface area contributed by atoms with E-state index in [4.69, 9.17) is 23.2 Å². The van der Waals surface area contributed by atoms with E-state index in [-0.39, 0.29) is 27.2 Å². The van der Waals surface area contributed by atoms with Crippen LogP contribution in [-0.2, 0) is 11.2 Å². The Balaban J connectivity index is 1.38. The van der Waals surface area contributed by atoms with E-state index in [2.05, 4.69) is 22.5 Å². The minimum absolute atomic E-state index is 0.00235. The van der Waals surface area contributed by atoms with Crippen molar-refractivity contribution in [3.63, 3.8) is 0 Å². The molecule has 3 aromatic rings. The van der Waals surface area contributed by atoms with Gasteiger partial charge in [0.2, 0.25) is 5.91 Å². The molecule has 1 aliphatic heterocycles. The number of carbonyl (C=O) groups is 3. The standard InChI is InChI=1S/C24H20Cl2N4O3/c1-13-11-27-30(20-8-4-6-14-5-2-3-7-15(14)20)22(13)28-21(31)12-29-23(32)16-9-18(25)19(26)10-17(16)24(29)33/h2-3,5,7,9-11,20H,4,6,8,12H2,1H3,(H,28,31).